The van der Waals surface area contributed by atoms with Crippen molar-refractivity contribution in [3.8, 4) is 0 Å². The second-order valence-corrected chi connectivity index (χ2v) is 6.03. The number of carbonyl (C=O) groups excluding carboxylic acids is 1. The number of likely N-dealkylation sites (tertiary alicyclic amines) is 1. The number of guanidine groups is 1. The zero-order valence-corrected chi connectivity index (χ0v) is 14.9. The third-order valence-corrected chi connectivity index (χ3v) is 3.00. The third-order valence-electron chi connectivity index (χ3n) is 3.00. The topological polar surface area (TPSA) is 93.9 Å². The minimum atomic E-state index is -0.442. The van der Waals surface area contributed by atoms with Crippen LogP contribution in [-0.2, 0) is 4.74 Å². The van der Waals surface area contributed by atoms with E-state index in [1.54, 1.807) is 4.90 Å². The van der Waals surface area contributed by atoms with Gasteiger partial charge in [-0.25, -0.2) is 4.79 Å². The largest absolute Gasteiger partial charge is 0.444 e. The van der Waals surface area contributed by atoms with Gasteiger partial charge in [-0.1, -0.05) is 0 Å². The molecule has 0 aromatic carbocycles. The molecule has 1 heterocycles. The van der Waals surface area contributed by atoms with Crippen LogP contribution in [0, 0.1) is 5.92 Å². The Balaban J connectivity index is 0.00000361. The minimum absolute atomic E-state index is 0. The first-order valence-corrected chi connectivity index (χ1v) is 6.81. The van der Waals surface area contributed by atoms with Crippen LogP contribution in [0.2, 0.25) is 0 Å². The molecule has 1 aliphatic heterocycles. The summed E-state index contributed by atoms with van der Waals surface area (Å²) in [6, 6.07) is 0. The van der Waals surface area contributed by atoms with Crippen molar-refractivity contribution in [2.24, 2.45) is 22.4 Å². The molecule has 1 saturated heterocycles. The number of nitrogens with two attached hydrogens (primary N) is 2. The van der Waals surface area contributed by atoms with Crippen LogP contribution in [0.4, 0.5) is 4.79 Å². The molecule has 1 fully saturated rings. The molecule has 1 amide bonds. The van der Waals surface area contributed by atoms with Crippen molar-refractivity contribution >= 4 is 36.0 Å². The lowest BCUT2D eigenvalue weighted by molar-refractivity contribution is 0.0163. The van der Waals surface area contributed by atoms with Crippen LogP contribution in [0.25, 0.3) is 0 Å². The van der Waals surface area contributed by atoms with E-state index in [0.717, 1.165) is 32.4 Å². The molecule has 0 spiro atoms. The third kappa shape index (κ3) is 7.76. The minimum Gasteiger partial charge on any atom is -0.444 e. The summed E-state index contributed by atoms with van der Waals surface area (Å²) in [6.07, 6.45) is 2.79. The molecule has 118 valence electrons. The van der Waals surface area contributed by atoms with Crippen LogP contribution in [0.1, 0.15) is 40.0 Å². The smallest absolute Gasteiger partial charge is 0.410 e. The van der Waals surface area contributed by atoms with E-state index in [1.165, 1.54) is 0 Å². The van der Waals surface area contributed by atoms with Gasteiger partial charge in [0.2, 0.25) is 0 Å². The Labute approximate surface area is 138 Å². The van der Waals surface area contributed by atoms with Crippen LogP contribution < -0.4 is 11.5 Å². The molecular weight excluding hydrogens is 371 g/mol. The monoisotopic (exact) mass is 398 g/mol. The Hall–Kier alpha value is -0.730. The maximum absolute atomic E-state index is 12.0. The molecule has 0 bridgehead atoms. The number of hydrogen-bond donors (Lipinski definition) is 2. The Bertz CT molecular complexity index is 338. The standard InChI is InChI=1S/C13H26N4O2.HI/c1-13(2,3)19-12(18)17-8-4-5-10(9-17)6-7-16-11(14)15;/h10H,4-9H2,1-3H3,(H4,14,15,16);1H. The number of amides is 1. The summed E-state index contributed by atoms with van der Waals surface area (Å²) in [4.78, 5) is 17.7. The van der Waals surface area contributed by atoms with Gasteiger partial charge in [-0.15, -0.1) is 24.0 Å². The van der Waals surface area contributed by atoms with E-state index in [9.17, 15) is 4.79 Å². The molecule has 20 heavy (non-hydrogen) atoms. The number of ether oxygens (including phenoxy) is 1. The fraction of sp³-hybridized carbons (Fsp3) is 0.846. The first-order chi connectivity index (χ1) is 8.78. The fourth-order valence-corrected chi connectivity index (χ4v) is 2.17. The number of nitrogens with zero attached hydrogens (tertiary/aromatic N) is 2. The predicted octanol–water partition coefficient (Wildman–Crippen LogP) is 1.92. The van der Waals surface area contributed by atoms with Crippen molar-refractivity contribution in [2.75, 3.05) is 19.6 Å². The number of carbonyl (C=O) groups is 1. The van der Waals surface area contributed by atoms with E-state index < -0.39 is 5.60 Å². The van der Waals surface area contributed by atoms with E-state index >= 15 is 0 Å². The van der Waals surface area contributed by atoms with Gasteiger partial charge >= 0.3 is 6.09 Å². The summed E-state index contributed by atoms with van der Waals surface area (Å²) in [5.41, 5.74) is 10.2. The zero-order valence-electron chi connectivity index (χ0n) is 12.6. The molecule has 1 atom stereocenters. The molecule has 0 aromatic rings. The summed E-state index contributed by atoms with van der Waals surface area (Å²) in [6.45, 7) is 7.76. The maximum atomic E-state index is 12.0. The molecule has 1 unspecified atom stereocenters. The van der Waals surface area contributed by atoms with Crippen LogP contribution in [0.3, 0.4) is 0 Å². The van der Waals surface area contributed by atoms with E-state index in [0.29, 0.717) is 12.5 Å². The highest BCUT2D eigenvalue weighted by Gasteiger charge is 2.27. The van der Waals surface area contributed by atoms with Gasteiger partial charge in [0, 0.05) is 19.6 Å². The van der Waals surface area contributed by atoms with Crippen LogP contribution in [0.5, 0.6) is 0 Å². The van der Waals surface area contributed by atoms with Crippen molar-refractivity contribution in [2.45, 2.75) is 45.6 Å². The first-order valence-electron chi connectivity index (χ1n) is 6.81. The molecule has 4 N–H and O–H groups in total. The number of hydrogen-bond acceptors (Lipinski definition) is 3. The maximum Gasteiger partial charge on any atom is 0.410 e. The summed E-state index contributed by atoms with van der Waals surface area (Å²) < 4.78 is 5.39. The molecule has 0 saturated carbocycles. The lowest BCUT2D eigenvalue weighted by Gasteiger charge is -2.34. The average molecular weight is 398 g/mol. The van der Waals surface area contributed by atoms with Gasteiger partial charge in [-0.05, 0) is 46.0 Å². The van der Waals surface area contributed by atoms with Gasteiger partial charge < -0.3 is 21.1 Å². The van der Waals surface area contributed by atoms with Gasteiger partial charge in [-0.3, -0.25) is 4.99 Å². The Morgan fingerprint density at radius 2 is 2.05 bits per heavy atom. The van der Waals surface area contributed by atoms with Crippen LogP contribution >= 0.6 is 24.0 Å². The van der Waals surface area contributed by atoms with Gasteiger partial charge in [-0.2, -0.15) is 0 Å². The molecule has 0 aromatic heterocycles. The van der Waals surface area contributed by atoms with Gasteiger partial charge in [0.25, 0.3) is 0 Å². The number of halogens is 1. The highest BCUT2D eigenvalue weighted by atomic mass is 127. The van der Waals surface area contributed by atoms with E-state index in [-0.39, 0.29) is 36.0 Å². The molecule has 6 nitrogen and oxygen atoms in total. The average Bonchev–Trinajstić information content (AvgIpc) is 2.26. The second kappa shape index (κ2) is 8.53. The first kappa shape index (κ1) is 19.3. The number of piperidine rings is 1. The van der Waals surface area contributed by atoms with E-state index in [2.05, 4.69) is 4.99 Å². The number of aliphatic imine (C=N–C) groups is 1. The second-order valence-electron chi connectivity index (χ2n) is 6.03. The predicted molar refractivity (Wildman–Crippen MR) is 91.2 cm³/mol. The SMILES string of the molecule is CC(C)(C)OC(=O)N1CCCC(CCN=C(N)N)C1.I. The van der Waals surface area contributed by atoms with Crippen LogP contribution in [0.15, 0.2) is 4.99 Å². The molecule has 7 heteroatoms. The molecule has 0 radical (unpaired) electrons. The fourth-order valence-electron chi connectivity index (χ4n) is 2.17. The quantitative estimate of drug-likeness (QED) is 0.432. The zero-order chi connectivity index (χ0) is 14.5. The Kier molecular flexibility index (Phi) is 8.22. The lowest BCUT2D eigenvalue weighted by atomic mass is 9.95. The van der Waals surface area contributed by atoms with Gasteiger partial charge in [0.1, 0.15) is 5.60 Å². The van der Waals surface area contributed by atoms with Crippen molar-refractivity contribution in [3.05, 3.63) is 0 Å². The summed E-state index contributed by atoms with van der Waals surface area (Å²) >= 11 is 0. The van der Waals surface area contributed by atoms with E-state index in [1.807, 2.05) is 20.8 Å². The van der Waals surface area contributed by atoms with Gasteiger partial charge in [0.05, 0.1) is 0 Å². The highest BCUT2D eigenvalue weighted by Crippen LogP contribution is 2.21. The van der Waals surface area contributed by atoms with Crippen molar-refractivity contribution in [1.29, 1.82) is 0 Å². The Morgan fingerprint density at radius 3 is 2.60 bits per heavy atom. The normalized spacial score (nSPS) is 18.9. The van der Waals surface area contributed by atoms with Crippen molar-refractivity contribution in [1.82, 2.24) is 4.90 Å². The highest BCUT2D eigenvalue weighted by molar-refractivity contribution is 14.0. The molecule has 1 aliphatic rings. The summed E-state index contributed by atoms with van der Waals surface area (Å²) in [5, 5.41) is 0. The van der Waals surface area contributed by atoms with Crippen molar-refractivity contribution in [3.63, 3.8) is 0 Å². The number of rotatable bonds is 3. The Morgan fingerprint density at radius 1 is 1.40 bits per heavy atom. The lowest BCUT2D eigenvalue weighted by Crippen LogP contribution is -2.43. The molecule has 0 aliphatic carbocycles. The molecular formula is C13H27IN4O2. The summed E-state index contributed by atoms with van der Waals surface area (Å²) in [7, 11) is 0. The van der Waals surface area contributed by atoms with Crippen molar-refractivity contribution < 1.29 is 9.53 Å². The van der Waals surface area contributed by atoms with E-state index in [4.69, 9.17) is 16.2 Å². The van der Waals surface area contributed by atoms with Crippen LogP contribution in [-0.4, -0.2) is 42.2 Å². The van der Waals surface area contributed by atoms with Gasteiger partial charge in [0.15, 0.2) is 5.96 Å². The summed E-state index contributed by atoms with van der Waals surface area (Å²) in [5.74, 6) is 0.573. The molecule has 1 rings (SSSR count).